The molecule has 0 aliphatic carbocycles. The molecule has 1 aliphatic rings. The molecule has 1 aliphatic heterocycles. The first-order valence-corrected chi connectivity index (χ1v) is 10.7. The molecule has 0 spiro atoms. The van der Waals surface area contributed by atoms with Crippen LogP contribution in [0.2, 0.25) is 0 Å². The maximum atomic E-state index is 13.7. The van der Waals surface area contributed by atoms with Crippen molar-refractivity contribution in [2.75, 3.05) is 6.54 Å². The van der Waals surface area contributed by atoms with Crippen LogP contribution < -0.4 is 0 Å². The topological polar surface area (TPSA) is 67.6 Å². The molecule has 0 N–H and O–H groups in total. The smallest absolute Gasteiger partial charge is 0.244 e. The van der Waals surface area contributed by atoms with Gasteiger partial charge in [-0.2, -0.15) is 4.31 Å². The molecule has 1 fully saturated rings. The molecule has 3 aromatic rings. The highest BCUT2D eigenvalue weighted by Gasteiger charge is 2.40. The summed E-state index contributed by atoms with van der Waals surface area (Å²) in [6, 6.07) is 7.44. The Morgan fingerprint density at radius 3 is 2.44 bits per heavy atom. The fourth-order valence-electron chi connectivity index (χ4n) is 4.06. The summed E-state index contributed by atoms with van der Waals surface area (Å²) in [5.41, 5.74) is 4.39. The fraction of sp³-hybridized carbons (Fsp3) is 0.400. The predicted octanol–water partition coefficient (Wildman–Crippen LogP) is 3.49. The van der Waals surface area contributed by atoms with E-state index in [1.165, 1.54) is 0 Å². The second-order valence-electron chi connectivity index (χ2n) is 7.35. The standard InChI is InChI=1S/C20H24N4O2S/c1-13-12-14(2)16(4)19(15(13)3)27(25,26)24-11-7-8-17(24)20-22-21-18-9-5-6-10-23(18)20/h5-6,9-10,12,17H,7-8,11H2,1-4H3/t17-/m0/s1. The van der Waals surface area contributed by atoms with Gasteiger partial charge in [-0.3, -0.25) is 4.40 Å². The van der Waals surface area contributed by atoms with Crippen LogP contribution in [0.5, 0.6) is 0 Å². The van der Waals surface area contributed by atoms with Crippen LogP contribution in [-0.2, 0) is 10.0 Å². The van der Waals surface area contributed by atoms with E-state index in [1.807, 2.05) is 56.5 Å². The number of hydrogen-bond acceptors (Lipinski definition) is 4. The number of sulfonamides is 1. The fourth-order valence-corrected chi connectivity index (χ4v) is 6.29. The number of fused-ring (bicyclic) bond motifs is 1. The van der Waals surface area contributed by atoms with Gasteiger partial charge >= 0.3 is 0 Å². The van der Waals surface area contributed by atoms with E-state index in [1.54, 1.807) is 4.31 Å². The van der Waals surface area contributed by atoms with E-state index >= 15 is 0 Å². The van der Waals surface area contributed by atoms with Crippen LogP contribution in [0.3, 0.4) is 0 Å². The van der Waals surface area contributed by atoms with Gasteiger partial charge in [0.1, 0.15) is 0 Å². The molecule has 0 saturated carbocycles. The molecule has 142 valence electrons. The highest BCUT2D eigenvalue weighted by molar-refractivity contribution is 7.89. The molecule has 1 aromatic carbocycles. The van der Waals surface area contributed by atoms with Crippen LogP contribution in [-0.4, -0.2) is 33.9 Å². The summed E-state index contributed by atoms with van der Waals surface area (Å²) in [6.07, 6.45) is 3.45. The molecule has 0 bridgehead atoms. The van der Waals surface area contributed by atoms with Crippen molar-refractivity contribution >= 4 is 15.7 Å². The monoisotopic (exact) mass is 384 g/mol. The van der Waals surface area contributed by atoms with Crippen molar-refractivity contribution in [1.29, 1.82) is 0 Å². The SMILES string of the molecule is Cc1cc(C)c(C)c(S(=O)(=O)N2CCC[C@H]2c2nnc3ccccn23)c1C. The third kappa shape index (κ3) is 2.76. The third-order valence-corrected chi connectivity index (χ3v) is 7.89. The molecule has 0 amide bonds. The molecule has 4 rings (SSSR count). The number of rotatable bonds is 3. The normalized spacial score (nSPS) is 18.4. The van der Waals surface area contributed by atoms with E-state index in [0.717, 1.165) is 40.7 Å². The summed E-state index contributed by atoms with van der Waals surface area (Å²) in [7, 11) is -3.64. The van der Waals surface area contributed by atoms with Crippen molar-refractivity contribution < 1.29 is 8.42 Å². The van der Waals surface area contributed by atoms with E-state index in [4.69, 9.17) is 0 Å². The lowest BCUT2D eigenvalue weighted by Gasteiger charge is -2.26. The Balaban J connectivity index is 1.85. The lowest BCUT2D eigenvalue weighted by atomic mass is 10.0. The molecule has 0 unspecified atom stereocenters. The lowest BCUT2D eigenvalue weighted by molar-refractivity contribution is 0.381. The van der Waals surface area contributed by atoms with Gasteiger partial charge in [-0.05, 0) is 74.9 Å². The first kappa shape index (κ1) is 18.1. The minimum absolute atomic E-state index is 0.299. The summed E-state index contributed by atoms with van der Waals surface area (Å²) >= 11 is 0. The van der Waals surface area contributed by atoms with E-state index in [-0.39, 0.29) is 6.04 Å². The lowest BCUT2D eigenvalue weighted by Crippen LogP contribution is -2.33. The van der Waals surface area contributed by atoms with E-state index < -0.39 is 10.0 Å². The summed E-state index contributed by atoms with van der Waals surface area (Å²) in [5, 5.41) is 8.53. The van der Waals surface area contributed by atoms with Gasteiger partial charge in [0.25, 0.3) is 0 Å². The van der Waals surface area contributed by atoms with Crippen LogP contribution in [0.15, 0.2) is 35.4 Å². The van der Waals surface area contributed by atoms with Crippen molar-refractivity contribution in [3.8, 4) is 0 Å². The Morgan fingerprint density at radius 1 is 1.04 bits per heavy atom. The van der Waals surface area contributed by atoms with Crippen LogP contribution >= 0.6 is 0 Å². The zero-order chi connectivity index (χ0) is 19.3. The van der Waals surface area contributed by atoms with Crippen molar-refractivity contribution in [1.82, 2.24) is 18.9 Å². The molecular formula is C20H24N4O2S. The molecular weight excluding hydrogens is 360 g/mol. The average Bonchev–Trinajstić information content (AvgIpc) is 3.26. The summed E-state index contributed by atoms with van der Waals surface area (Å²) in [5.74, 6) is 0.686. The van der Waals surface area contributed by atoms with Gasteiger partial charge in [0.15, 0.2) is 11.5 Å². The first-order valence-electron chi connectivity index (χ1n) is 9.21. The number of aryl methyl sites for hydroxylation is 2. The van der Waals surface area contributed by atoms with Gasteiger partial charge in [-0.15, -0.1) is 10.2 Å². The molecule has 0 radical (unpaired) electrons. The molecule has 3 heterocycles. The maximum Gasteiger partial charge on any atom is 0.244 e. The molecule has 2 aromatic heterocycles. The second-order valence-corrected chi connectivity index (χ2v) is 9.18. The number of hydrogen-bond donors (Lipinski definition) is 0. The van der Waals surface area contributed by atoms with Gasteiger partial charge in [-0.25, -0.2) is 8.42 Å². The minimum atomic E-state index is -3.64. The number of nitrogens with zero attached hydrogens (tertiary/aromatic N) is 4. The van der Waals surface area contributed by atoms with E-state index in [0.29, 0.717) is 17.3 Å². The quantitative estimate of drug-likeness (QED) is 0.693. The Bertz CT molecular complexity index is 1110. The minimum Gasteiger partial charge on any atom is -0.285 e. The number of benzene rings is 1. The van der Waals surface area contributed by atoms with Gasteiger partial charge < -0.3 is 0 Å². The zero-order valence-corrected chi connectivity index (χ0v) is 16.9. The van der Waals surface area contributed by atoms with Gasteiger partial charge in [0.2, 0.25) is 10.0 Å². The Labute approximate surface area is 159 Å². The van der Waals surface area contributed by atoms with Gasteiger partial charge in [0.05, 0.1) is 10.9 Å². The molecule has 7 heteroatoms. The number of pyridine rings is 1. The molecule has 1 saturated heterocycles. The van der Waals surface area contributed by atoms with E-state index in [9.17, 15) is 8.42 Å². The summed E-state index contributed by atoms with van der Waals surface area (Å²) in [6.45, 7) is 8.22. The molecule has 27 heavy (non-hydrogen) atoms. The largest absolute Gasteiger partial charge is 0.285 e. The average molecular weight is 385 g/mol. The third-order valence-electron chi connectivity index (χ3n) is 5.71. The van der Waals surface area contributed by atoms with Crippen molar-refractivity contribution in [2.45, 2.75) is 51.5 Å². The van der Waals surface area contributed by atoms with Crippen molar-refractivity contribution in [2.24, 2.45) is 0 Å². The van der Waals surface area contributed by atoms with Crippen molar-refractivity contribution in [3.63, 3.8) is 0 Å². The summed E-state index contributed by atoms with van der Waals surface area (Å²) in [4.78, 5) is 0.445. The summed E-state index contributed by atoms with van der Waals surface area (Å²) < 4.78 is 30.9. The first-order chi connectivity index (χ1) is 12.8. The predicted molar refractivity (Wildman–Crippen MR) is 104 cm³/mol. The van der Waals surface area contributed by atoms with Gasteiger partial charge in [-0.1, -0.05) is 12.1 Å². The zero-order valence-electron chi connectivity index (χ0n) is 16.1. The molecule has 1 atom stereocenters. The van der Waals surface area contributed by atoms with Crippen LogP contribution in [0.4, 0.5) is 0 Å². The van der Waals surface area contributed by atoms with Crippen LogP contribution in [0, 0.1) is 27.7 Å². The number of aromatic nitrogens is 3. The van der Waals surface area contributed by atoms with Gasteiger partial charge in [0, 0.05) is 12.7 Å². The second kappa shape index (κ2) is 6.42. The molecule has 6 nitrogen and oxygen atoms in total. The maximum absolute atomic E-state index is 13.7. The van der Waals surface area contributed by atoms with Crippen molar-refractivity contribution in [3.05, 3.63) is 58.5 Å². The Kier molecular flexibility index (Phi) is 4.31. The highest BCUT2D eigenvalue weighted by Crippen LogP contribution is 2.38. The Hall–Kier alpha value is -2.25. The Morgan fingerprint density at radius 2 is 1.74 bits per heavy atom. The van der Waals surface area contributed by atoms with Crippen LogP contribution in [0.1, 0.15) is 47.0 Å². The highest BCUT2D eigenvalue weighted by atomic mass is 32.2. The van der Waals surface area contributed by atoms with Crippen LogP contribution in [0.25, 0.3) is 5.65 Å². The van der Waals surface area contributed by atoms with E-state index in [2.05, 4.69) is 16.3 Å².